The van der Waals surface area contributed by atoms with E-state index in [9.17, 15) is 14.0 Å². The van der Waals surface area contributed by atoms with Crippen LogP contribution in [0, 0.1) is 5.82 Å². The van der Waals surface area contributed by atoms with Crippen molar-refractivity contribution in [3.63, 3.8) is 0 Å². The molecule has 2 aliphatic heterocycles. The van der Waals surface area contributed by atoms with Gasteiger partial charge in [-0.3, -0.25) is 9.59 Å². The van der Waals surface area contributed by atoms with Crippen LogP contribution in [0.4, 0.5) is 4.39 Å². The van der Waals surface area contributed by atoms with E-state index in [0.29, 0.717) is 44.7 Å². The molecule has 1 aromatic carbocycles. The zero-order valence-corrected chi connectivity index (χ0v) is 15.1. The average Bonchev–Trinajstić information content (AvgIpc) is 3.08. The van der Waals surface area contributed by atoms with Gasteiger partial charge in [0.25, 0.3) is 0 Å². The van der Waals surface area contributed by atoms with Crippen molar-refractivity contribution in [1.29, 1.82) is 0 Å². The van der Waals surface area contributed by atoms with Gasteiger partial charge in [-0.05, 0) is 6.07 Å². The van der Waals surface area contributed by atoms with E-state index >= 15 is 0 Å². The number of carbonyl (C=O) groups excluding carboxylic acids is 2. The van der Waals surface area contributed by atoms with Crippen molar-refractivity contribution in [3.8, 4) is 0 Å². The van der Waals surface area contributed by atoms with E-state index < -0.39 is 5.79 Å². The van der Waals surface area contributed by atoms with E-state index in [2.05, 4.69) is 0 Å². The lowest BCUT2D eigenvalue weighted by atomic mass is 10.0. The Morgan fingerprint density at radius 1 is 1.19 bits per heavy atom. The molecule has 0 N–H and O–H groups in total. The minimum absolute atomic E-state index is 0.00219. The Labute approximate surface area is 152 Å². The molecule has 0 radical (unpaired) electrons. The minimum Gasteiger partial charge on any atom is -0.347 e. The fourth-order valence-corrected chi connectivity index (χ4v) is 3.45. The third-order valence-electron chi connectivity index (χ3n) is 5.05. The molecule has 3 rings (SSSR count). The lowest BCUT2D eigenvalue weighted by Gasteiger charge is -2.37. The second-order valence-corrected chi connectivity index (χ2v) is 6.77. The minimum atomic E-state index is -0.507. The highest BCUT2D eigenvalue weighted by atomic mass is 19.1. The molecule has 0 aromatic heterocycles. The maximum absolute atomic E-state index is 13.8. The van der Waals surface area contributed by atoms with Gasteiger partial charge in [0, 0.05) is 57.9 Å². The number of likely N-dealkylation sites (tertiary alicyclic amines) is 1. The highest BCUT2D eigenvalue weighted by Crippen LogP contribution is 2.31. The second-order valence-electron chi connectivity index (χ2n) is 6.77. The first-order valence-electron chi connectivity index (χ1n) is 9.04. The zero-order chi connectivity index (χ0) is 18.6. The average molecular weight is 364 g/mol. The Hall–Kier alpha value is -1.99. The number of amides is 2. The van der Waals surface area contributed by atoms with Gasteiger partial charge >= 0.3 is 0 Å². The number of carbonyl (C=O) groups is 2. The van der Waals surface area contributed by atoms with E-state index in [4.69, 9.17) is 9.47 Å². The molecule has 2 aliphatic rings. The first kappa shape index (κ1) is 18.8. The van der Waals surface area contributed by atoms with Crippen molar-refractivity contribution in [1.82, 2.24) is 9.80 Å². The van der Waals surface area contributed by atoms with Gasteiger partial charge in [-0.1, -0.05) is 18.2 Å². The van der Waals surface area contributed by atoms with Gasteiger partial charge in [-0.25, -0.2) is 4.39 Å². The molecule has 0 atom stereocenters. The van der Waals surface area contributed by atoms with Crippen molar-refractivity contribution in [2.24, 2.45) is 0 Å². The van der Waals surface area contributed by atoms with Gasteiger partial charge in [0.2, 0.25) is 11.8 Å². The Morgan fingerprint density at radius 2 is 1.85 bits per heavy atom. The highest BCUT2D eigenvalue weighted by Gasteiger charge is 2.40. The number of nitrogens with zero attached hydrogens (tertiary/aromatic N) is 2. The lowest BCUT2D eigenvalue weighted by molar-refractivity contribution is -0.187. The summed E-state index contributed by atoms with van der Waals surface area (Å²) >= 11 is 0. The molecular weight excluding hydrogens is 339 g/mol. The molecule has 0 unspecified atom stereocenters. The number of halogens is 1. The van der Waals surface area contributed by atoms with Crippen LogP contribution < -0.4 is 0 Å². The third kappa shape index (κ3) is 4.40. The zero-order valence-electron chi connectivity index (χ0n) is 15.1. The SMILES string of the molecule is CC(=O)N(CCC(=O)N1CCC2(CC1)OCCO2)Cc1ccccc1F. The van der Waals surface area contributed by atoms with Crippen LogP contribution in [-0.2, 0) is 25.6 Å². The van der Waals surface area contributed by atoms with Gasteiger partial charge in [0.1, 0.15) is 5.82 Å². The van der Waals surface area contributed by atoms with E-state index in [1.54, 1.807) is 23.1 Å². The third-order valence-corrected chi connectivity index (χ3v) is 5.05. The number of rotatable bonds is 5. The molecule has 1 aromatic rings. The summed E-state index contributed by atoms with van der Waals surface area (Å²) in [5.74, 6) is -1.03. The predicted octanol–water partition coefficient (Wildman–Crippen LogP) is 1.93. The first-order chi connectivity index (χ1) is 12.5. The Morgan fingerprint density at radius 3 is 2.46 bits per heavy atom. The van der Waals surface area contributed by atoms with Crippen molar-refractivity contribution in [2.45, 2.75) is 38.5 Å². The van der Waals surface area contributed by atoms with Crippen LogP contribution >= 0.6 is 0 Å². The molecule has 142 valence electrons. The molecule has 1 spiro atoms. The first-order valence-corrected chi connectivity index (χ1v) is 9.04. The molecule has 0 saturated carbocycles. The van der Waals surface area contributed by atoms with Crippen LogP contribution in [0.5, 0.6) is 0 Å². The molecule has 2 heterocycles. The number of benzene rings is 1. The summed E-state index contributed by atoms with van der Waals surface area (Å²) in [6.07, 6.45) is 1.57. The summed E-state index contributed by atoms with van der Waals surface area (Å²) in [6.45, 7) is 4.27. The van der Waals surface area contributed by atoms with Gasteiger partial charge in [0.05, 0.1) is 13.2 Å². The van der Waals surface area contributed by atoms with Gasteiger partial charge in [-0.15, -0.1) is 0 Å². The molecule has 6 nitrogen and oxygen atoms in total. The quantitative estimate of drug-likeness (QED) is 0.801. The van der Waals surface area contributed by atoms with Gasteiger partial charge in [0.15, 0.2) is 5.79 Å². The van der Waals surface area contributed by atoms with Crippen LogP contribution in [0.2, 0.25) is 0 Å². The summed E-state index contributed by atoms with van der Waals surface area (Å²) in [7, 11) is 0. The molecule has 26 heavy (non-hydrogen) atoms. The maximum Gasteiger partial charge on any atom is 0.224 e. The van der Waals surface area contributed by atoms with E-state index in [-0.39, 0.29) is 37.1 Å². The Bertz CT molecular complexity index is 651. The fraction of sp³-hybridized carbons (Fsp3) is 0.579. The molecule has 0 bridgehead atoms. The van der Waals surface area contributed by atoms with Crippen LogP contribution in [0.25, 0.3) is 0 Å². The Kier molecular flexibility index (Phi) is 5.88. The molecule has 7 heteroatoms. The van der Waals surface area contributed by atoms with Gasteiger partial charge in [-0.2, -0.15) is 0 Å². The number of ether oxygens (including phenoxy) is 2. The van der Waals surface area contributed by atoms with E-state index in [0.717, 1.165) is 0 Å². The fourth-order valence-electron chi connectivity index (χ4n) is 3.45. The Balaban J connectivity index is 1.50. The summed E-state index contributed by atoms with van der Waals surface area (Å²) in [4.78, 5) is 27.6. The summed E-state index contributed by atoms with van der Waals surface area (Å²) in [6, 6.07) is 6.37. The van der Waals surface area contributed by atoms with Gasteiger partial charge < -0.3 is 19.3 Å². The van der Waals surface area contributed by atoms with E-state index in [1.807, 2.05) is 0 Å². The van der Waals surface area contributed by atoms with E-state index in [1.165, 1.54) is 17.9 Å². The van der Waals surface area contributed by atoms with Crippen LogP contribution in [-0.4, -0.2) is 60.2 Å². The monoisotopic (exact) mass is 364 g/mol. The number of piperidine rings is 1. The number of hydrogen-bond acceptors (Lipinski definition) is 4. The van der Waals surface area contributed by atoms with Crippen LogP contribution in [0.3, 0.4) is 0 Å². The molecule has 2 amide bonds. The largest absolute Gasteiger partial charge is 0.347 e. The smallest absolute Gasteiger partial charge is 0.224 e. The topological polar surface area (TPSA) is 59.1 Å². The maximum atomic E-state index is 13.8. The summed E-state index contributed by atoms with van der Waals surface area (Å²) < 4.78 is 25.1. The molecule has 0 aliphatic carbocycles. The van der Waals surface area contributed by atoms with Crippen molar-refractivity contribution in [2.75, 3.05) is 32.8 Å². The lowest BCUT2D eigenvalue weighted by Crippen LogP contribution is -2.47. The molecule has 2 fully saturated rings. The number of hydrogen-bond donors (Lipinski definition) is 0. The second kappa shape index (κ2) is 8.14. The van der Waals surface area contributed by atoms with Crippen LogP contribution in [0.1, 0.15) is 31.7 Å². The molecule has 2 saturated heterocycles. The summed E-state index contributed by atoms with van der Waals surface area (Å²) in [5, 5.41) is 0. The standard InChI is InChI=1S/C19H25FN2O4/c1-15(23)22(14-16-4-2-3-5-17(16)20)9-6-18(24)21-10-7-19(8-11-21)25-12-13-26-19/h2-5H,6-14H2,1H3. The van der Waals surface area contributed by atoms with Crippen molar-refractivity contribution in [3.05, 3.63) is 35.6 Å². The normalized spacial score (nSPS) is 18.9. The molecular formula is C19H25FN2O4. The van der Waals surface area contributed by atoms with Crippen LogP contribution in [0.15, 0.2) is 24.3 Å². The summed E-state index contributed by atoms with van der Waals surface area (Å²) in [5.41, 5.74) is 0.450. The predicted molar refractivity (Wildman–Crippen MR) is 92.6 cm³/mol. The van der Waals surface area contributed by atoms with Crippen molar-refractivity contribution < 1.29 is 23.5 Å². The van der Waals surface area contributed by atoms with Crippen molar-refractivity contribution >= 4 is 11.8 Å². The highest BCUT2D eigenvalue weighted by molar-refractivity contribution is 5.78.